The molecule has 3 nitrogen and oxygen atoms in total. The molecule has 0 saturated heterocycles. The van der Waals surface area contributed by atoms with Crippen molar-refractivity contribution in [3.05, 3.63) is 47.3 Å². The highest BCUT2D eigenvalue weighted by Crippen LogP contribution is 2.24. The van der Waals surface area contributed by atoms with Crippen LogP contribution in [-0.2, 0) is 12.8 Å². The van der Waals surface area contributed by atoms with Gasteiger partial charge in [0, 0.05) is 5.69 Å². The molecule has 0 radical (unpaired) electrons. The largest absolute Gasteiger partial charge is 0.303 e. The van der Waals surface area contributed by atoms with Crippen molar-refractivity contribution in [1.29, 1.82) is 5.26 Å². The summed E-state index contributed by atoms with van der Waals surface area (Å²) in [5.41, 5.74) is 3.27. The Morgan fingerprint density at radius 1 is 1.22 bits per heavy atom. The standard InChI is InChI=1S/C14H12FN3/c15-11-5-10(8-16)6-12(7-11)18-9-17-13-3-1-2-4-14(13)18/h5-7,9H,1-4H2. The van der Waals surface area contributed by atoms with E-state index in [-0.39, 0.29) is 5.82 Å². The third kappa shape index (κ3) is 1.78. The van der Waals surface area contributed by atoms with E-state index in [4.69, 9.17) is 5.26 Å². The van der Waals surface area contributed by atoms with Crippen LogP contribution in [0.3, 0.4) is 0 Å². The lowest BCUT2D eigenvalue weighted by Gasteiger charge is -2.14. The predicted molar refractivity (Wildman–Crippen MR) is 64.9 cm³/mol. The van der Waals surface area contributed by atoms with Gasteiger partial charge in [0.25, 0.3) is 0 Å². The summed E-state index contributed by atoms with van der Waals surface area (Å²) >= 11 is 0. The molecule has 3 rings (SSSR count). The number of hydrogen-bond donors (Lipinski definition) is 0. The highest BCUT2D eigenvalue weighted by Gasteiger charge is 2.16. The Morgan fingerprint density at radius 2 is 2.06 bits per heavy atom. The summed E-state index contributed by atoms with van der Waals surface area (Å²) in [5.74, 6) is -0.387. The molecule has 0 atom stereocenters. The van der Waals surface area contributed by atoms with Crippen LogP contribution in [0.5, 0.6) is 0 Å². The highest BCUT2D eigenvalue weighted by molar-refractivity contribution is 5.43. The second kappa shape index (κ2) is 4.26. The van der Waals surface area contributed by atoms with Gasteiger partial charge < -0.3 is 4.57 Å². The summed E-state index contributed by atoms with van der Waals surface area (Å²) in [5, 5.41) is 8.88. The van der Waals surface area contributed by atoms with Crippen molar-refractivity contribution in [2.45, 2.75) is 25.7 Å². The molecule has 0 saturated carbocycles. The molecular formula is C14H12FN3. The number of hydrogen-bond acceptors (Lipinski definition) is 2. The Labute approximate surface area is 105 Å². The maximum atomic E-state index is 13.5. The first-order valence-corrected chi connectivity index (χ1v) is 6.04. The van der Waals surface area contributed by atoms with Crippen LogP contribution in [0.2, 0.25) is 0 Å². The van der Waals surface area contributed by atoms with Gasteiger partial charge in [0.2, 0.25) is 0 Å². The molecule has 1 aromatic heterocycles. The number of fused-ring (bicyclic) bond motifs is 1. The van der Waals surface area contributed by atoms with E-state index in [0.29, 0.717) is 11.3 Å². The van der Waals surface area contributed by atoms with Gasteiger partial charge in [-0.2, -0.15) is 5.26 Å². The van der Waals surface area contributed by atoms with Crippen molar-refractivity contribution in [1.82, 2.24) is 9.55 Å². The zero-order valence-corrected chi connectivity index (χ0v) is 9.86. The lowest BCUT2D eigenvalue weighted by Crippen LogP contribution is -2.07. The Bertz CT molecular complexity index is 637. The van der Waals surface area contributed by atoms with Crippen molar-refractivity contribution >= 4 is 0 Å². The van der Waals surface area contributed by atoms with Gasteiger partial charge in [0.15, 0.2) is 0 Å². The predicted octanol–water partition coefficient (Wildman–Crippen LogP) is 2.76. The first kappa shape index (κ1) is 11.0. The van der Waals surface area contributed by atoms with Crippen LogP contribution < -0.4 is 0 Å². The van der Waals surface area contributed by atoms with Gasteiger partial charge in [0.1, 0.15) is 5.82 Å². The van der Waals surface area contributed by atoms with E-state index in [1.54, 1.807) is 12.4 Å². The molecule has 1 aliphatic carbocycles. The number of rotatable bonds is 1. The number of halogens is 1. The molecule has 1 heterocycles. The molecule has 0 N–H and O–H groups in total. The van der Waals surface area contributed by atoms with Gasteiger partial charge in [-0.3, -0.25) is 0 Å². The Kier molecular flexibility index (Phi) is 2.60. The molecule has 0 fully saturated rings. The monoisotopic (exact) mass is 241 g/mol. The van der Waals surface area contributed by atoms with Crippen LogP contribution in [0.1, 0.15) is 29.8 Å². The van der Waals surface area contributed by atoms with E-state index >= 15 is 0 Å². The molecule has 1 aliphatic rings. The second-order valence-electron chi connectivity index (χ2n) is 4.52. The summed E-state index contributed by atoms with van der Waals surface area (Å²) in [6, 6.07) is 6.36. The average molecular weight is 241 g/mol. The molecular weight excluding hydrogens is 229 g/mol. The van der Waals surface area contributed by atoms with E-state index in [0.717, 1.165) is 37.1 Å². The Hall–Kier alpha value is -2.15. The lowest BCUT2D eigenvalue weighted by atomic mass is 10.0. The molecule has 0 unspecified atom stereocenters. The molecule has 0 bridgehead atoms. The van der Waals surface area contributed by atoms with E-state index < -0.39 is 0 Å². The number of aromatic nitrogens is 2. The summed E-state index contributed by atoms with van der Waals surface area (Å²) in [7, 11) is 0. The smallest absolute Gasteiger partial charge is 0.126 e. The molecule has 0 spiro atoms. The fraction of sp³-hybridized carbons (Fsp3) is 0.286. The fourth-order valence-corrected chi connectivity index (χ4v) is 2.47. The molecule has 1 aromatic carbocycles. The zero-order chi connectivity index (χ0) is 12.5. The van der Waals surface area contributed by atoms with Gasteiger partial charge in [-0.1, -0.05) is 0 Å². The Balaban J connectivity index is 2.13. The normalized spacial score (nSPS) is 14.0. The SMILES string of the molecule is N#Cc1cc(F)cc(-n2cnc3c2CCCC3)c1. The minimum Gasteiger partial charge on any atom is -0.303 e. The quantitative estimate of drug-likeness (QED) is 0.770. The minimum atomic E-state index is -0.387. The summed E-state index contributed by atoms with van der Waals surface area (Å²) < 4.78 is 15.4. The molecule has 2 aromatic rings. The molecule has 4 heteroatoms. The van der Waals surface area contributed by atoms with Crippen molar-refractivity contribution in [3.8, 4) is 11.8 Å². The fourth-order valence-electron chi connectivity index (χ4n) is 2.47. The van der Waals surface area contributed by atoms with Crippen molar-refractivity contribution in [2.75, 3.05) is 0 Å². The summed E-state index contributed by atoms with van der Waals surface area (Å²) in [6.45, 7) is 0. The van der Waals surface area contributed by atoms with Gasteiger partial charge in [-0.15, -0.1) is 0 Å². The van der Waals surface area contributed by atoms with E-state index in [2.05, 4.69) is 4.98 Å². The van der Waals surface area contributed by atoms with Gasteiger partial charge in [-0.25, -0.2) is 9.37 Å². The second-order valence-corrected chi connectivity index (χ2v) is 4.52. The zero-order valence-electron chi connectivity index (χ0n) is 9.86. The lowest BCUT2D eigenvalue weighted by molar-refractivity contribution is 0.624. The van der Waals surface area contributed by atoms with Gasteiger partial charge in [-0.05, 0) is 43.9 Å². The van der Waals surface area contributed by atoms with Crippen molar-refractivity contribution in [3.63, 3.8) is 0 Å². The third-order valence-electron chi connectivity index (χ3n) is 3.32. The first-order valence-electron chi connectivity index (χ1n) is 6.04. The number of nitrogens with zero attached hydrogens (tertiary/aromatic N) is 3. The van der Waals surface area contributed by atoms with Gasteiger partial charge in [0.05, 0.1) is 29.3 Å². The van der Waals surface area contributed by atoms with Crippen LogP contribution in [0.15, 0.2) is 24.5 Å². The molecule has 90 valence electrons. The summed E-state index contributed by atoms with van der Waals surface area (Å²) in [4.78, 5) is 4.38. The highest BCUT2D eigenvalue weighted by atomic mass is 19.1. The Morgan fingerprint density at radius 3 is 2.89 bits per heavy atom. The number of aryl methyl sites for hydroxylation is 1. The van der Waals surface area contributed by atoms with Crippen LogP contribution in [-0.4, -0.2) is 9.55 Å². The molecule has 0 amide bonds. The third-order valence-corrected chi connectivity index (χ3v) is 3.32. The first-order chi connectivity index (χ1) is 8.78. The number of nitriles is 1. The van der Waals surface area contributed by atoms with Crippen molar-refractivity contribution in [2.24, 2.45) is 0 Å². The maximum Gasteiger partial charge on any atom is 0.126 e. The number of benzene rings is 1. The minimum absolute atomic E-state index is 0.336. The number of imidazole rings is 1. The topological polar surface area (TPSA) is 41.6 Å². The van der Waals surface area contributed by atoms with E-state index in [1.165, 1.54) is 12.1 Å². The van der Waals surface area contributed by atoms with Crippen LogP contribution in [0.25, 0.3) is 5.69 Å². The van der Waals surface area contributed by atoms with Crippen LogP contribution in [0, 0.1) is 17.1 Å². The summed E-state index contributed by atoms with van der Waals surface area (Å²) in [6.07, 6.45) is 5.98. The van der Waals surface area contributed by atoms with Crippen LogP contribution >= 0.6 is 0 Å². The van der Waals surface area contributed by atoms with E-state index in [9.17, 15) is 4.39 Å². The van der Waals surface area contributed by atoms with Crippen LogP contribution in [0.4, 0.5) is 4.39 Å². The maximum absolute atomic E-state index is 13.5. The van der Waals surface area contributed by atoms with Gasteiger partial charge >= 0.3 is 0 Å². The van der Waals surface area contributed by atoms with Crippen molar-refractivity contribution < 1.29 is 4.39 Å². The molecule has 0 aliphatic heterocycles. The van der Waals surface area contributed by atoms with E-state index in [1.807, 2.05) is 10.6 Å². The molecule has 18 heavy (non-hydrogen) atoms. The average Bonchev–Trinajstić information content (AvgIpc) is 2.81.